The van der Waals surface area contributed by atoms with E-state index >= 15 is 0 Å². The standard InChI is InChI=1S/C12H13ClN4O/c13-8-4-3-7-15-10(8)11-16-12(18-17-11)9-5-1-2-6-14-9/h3-4,7,9,14H,1-2,5-6H2. The molecule has 3 heterocycles. The Hall–Kier alpha value is -1.46. The molecule has 5 nitrogen and oxygen atoms in total. The second kappa shape index (κ2) is 5.04. The summed E-state index contributed by atoms with van der Waals surface area (Å²) >= 11 is 6.05. The summed E-state index contributed by atoms with van der Waals surface area (Å²) in [7, 11) is 0. The third kappa shape index (κ3) is 2.23. The van der Waals surface area contributed by atoms with Crippen LogP contribution in [0.15, 0.2) is 22.9 Å². The Bertz CT molecular complexity index is 536. The van der Waals surface area contributed by atoms with E-state index in [4.69, 9.17) is 16.1 Å². The molecule has 1 aliphatic heterocycles. The van der Waals surface area contributed by atoms with Crippen molar-refractivity contribution in [2.45, 2.75) is 25.3 Å². The van der Waals surface area contributed by atoms with Crippen LogP contribution >= 0.6 is 11.6 Å². The van der Waals surface area contributed by atoms with Gasteiger partial charge in [0.2, 0.25) is 11.7 Å². The maximum Gasteiger partial charge on any atom is 0.244 e. The Balaban J connectivity index is 1.87. The minimum atomic E-state index is 0.155. The number of aromatic nitrogens is 3. The van der Waals surface area contributed by atoms with Gasteiger partial charge >= 0.3 is 0 Å². The summed E-state index contributed by atoms with van der Waals surface area (Å²) in [5.74, 6) is 1.06. The van der Waals surface area contributed by atoms with E-state index < -0.39 is 0 Å². The van der Waals surface area contributed by atoms with Crippen molar-refractivity contribution in [2.75, 3.05) is 6.54 Å². The normalized spacial score (nSPS) is 19.9. The van der Waals surface area contributed by atoms with Crippen LogP contribution in [0.25, 0.3) is 11.5 Å². The van der Waals surface area contributed by atoms with Gasteiger partial charge in [0.05, 0.1) is 11.1 Å². The third-order valence-electron chi connectivity index (χ3n) is 3.02. The third-order valence-corrected chi connectivity index (χ3v) is 3.33. The Kier molecular flexibility index (Phi) is 3.25. The molecule has 0 saturated carbocycles. The lowest BCUT2D eigenvalue weighted by atomic mass is 10.1. The molecule has 2 aromatic heterocycles. The largest absolute Gasteiger partial charge is 0.337 e. The van der Waals surface area contributed by atoms with Gasteiger partial charge in [0.1, 0.15) is 5.69 Å². The van der Waals surface area contributed by atoms with Crippen LogP contribution in [0.2, 0.25) is 5.02 Å². The summed E-state index contributed by atoms with van der Waals surface area (Å²) < 4.78 is 5.29. The number of piperidine rings is 1. The molecular weight excluding hydrogens is 252 g/mol. The minimum Gasteiger partial charge on any atom is -0.337 e. The van der Waals surface area contributed by atoms with Crippen molar-refractivity contribution in [1.29, 1.82) is 0 Å². The molecule has 94 valence electrons. The highest BCUT2D eigenvalue weighted by Crippen LogP contribution is 2.26. The lowest BCUT2D eigenvalue weighted by Crippen LogP contribution is -2.26. The second-order valence-electron chi connectivity index (χ2n) is 4.29. The van der Waals surface area contributed by atoms with Gasteiger partial charge in [0.25, 0.3) is 0 Å². The average Bonchev–Trinajstić information content (AvgIpc) is 2.90. The number of halogens is 1. The van der Waals surface area contributed by atoms with E-state index in [1.807, 2.05) is 0 Å². The van der Waals surface area contributed by atoms with Crippen LogP contribution in [0.1, 0.15) is 31.2 Å². The van der Waals surface area contributed by atoms with Gasteiger partial charge in [-0.05, 0) is 31.5 Å². The topological polar surface area (TPSA) is 63.8 Å². The van der Waals surface area contributed by atoms with E-state index in [9.17, 15) is 0 Å². The summed E-state index contributed by atoms with van der Waals surface area (Å²) in [4.78, 5) is 8.55. The van der Waals surface area contributed by atoms with Crippen LogP contribution in [0.5, 0.6) is 0 Å². The maximum atomic E-state index is 6.05. The van der Waals surface area contributed by atoms with Crippen molar-refractivity contribution in [3.63, 3.8) is 0 Å². The van der Waals surface area contributed by atoms with Crippen LogP contribution < -0.4 is 5.32 Å². The zero-order valence-corrected chi connectivity index (χ0v) is 10.5. The molecule has 0 bridgehead atoms. The molecule has 1 unspecified atom stereocenters. The Labute approximate surface area is 110 Å². The zero-order chi connectivity index (χ0) is 12.4. The fourth-order valence-electron chi connectivity index (χ4n) is 2.09. The number of nitrogens with zero attached hydrogens (tertiary/aromatic N) is 3. The zero-order valence-electron chi connectivity index (χ0n) is 9.77. The van der Waals surface area contributed by atoms with Crippen LogP contribution in [0.4, 0.5) is 0 Å². The van der Waals surface area contributed by atoms with Gasteiger partial charge in [-0.1, -0.05) is 23.2 Å². The first-order chi connectivity index (χ1) is 8.84. The summed E-state index contributed by atoms with van der Waals surface area (Å²) in [5, 5.41) is 7.84. The van der Waals surface area contributed by atoms with Gasteiger partial charge in [-0.25, -0.2) is 0 Å². The first-order valence-corrected chi connectivity index (χ1v) is 6.40. The number of nitrogens with one attached hydrogen (secondary N) is 1. The highest BCUT2D eigenvalue weighted by Gasteiger charge is 2.22. The minimum absolute atomic E-state index is 0.155. The first kappa shape index (κ1) is 11.6. The van der Waals surface area contributed by atoms with Crippen molar-refractivity contribution in [1.82, 2.24) is 20.4 Å². The quantitative estimate of drug-likeness (QED) is 0.903. The molecule has 0 aromatic carbocycles. The van der Waals surface area contributed by atoms with Crippen molar-refractivity contribution < 1.29 is 4.52 Å². The van der Waals surface area contributed by atoms with E-state index in [0.29, 0.717) is 22.4 Å². The molecule has 0 radical (unpaired) electrons. The van der Waals surface area contributed by atoms with Gasteiger partial charge in [-0.3, -0.25) is 4.98 Å². The highest BCUT2D eigenvalue weighted by molar-refractivity contribution is 6.32. The Morgan fingerprint density at radius 2 is 2.33 bits per heavy atom. The highest BCUT2D eigenvalue weighted by atomic mass is 35.5. The lowest BCUT2D eigenvalue weighted by molar-refractivity contribution is 0.297. The molecule has 6 heteroatoms. The van der Waals surface area contributed by atoms with Gasteiger partial charge < -0.3 is 9.84 Å². The molecule has 0 spiro atoms. The monoisotopic (exact) mass is 264 g/mol. The van der Waals surface area contributed by atoms with Gasteiger partial charge in [-0.2, -0.15) is 4.98 Å². The first-order valence-electron chi connectivity index (χ1n) is 6.02. The molecule has 1 fully saturated rings. The molecule has 1 aliphatic rings. The molecule has 0 aliphatic carbocycles. The fraction of sp³-hybridized carbons (Fsp3) is 0.417. The number of rotatable bonds is 2. The van der Waals surface area contributed by atoms with E-state index in [1.165, 1.54) is 12.8 Å². The molecule has 1 atom stereocenters. The van der Waals surface area contributed by atoms with Crippen LogP contribution in [-0.4, -0.2) is 21.7 Å². The van der Waals surface area contributed by atoms with Crippen molar-refractivity contribution >= 4 is 11.6 Å². The van der Waals surface area contributed by atoms with E-state index in [2.05, 4.69) is 20.4 Å². The summed E-state index contributed by atoms with van der Waals surface area (Å²) in [5.41, 5.74) is 0.560. The van der Waals surface area contributed by atoms with Gasteiger partial charge in [0, 0.05) is 6.20 Å². The molecule has 18 heavy (non-hydrogen) atoms. The molecule has 0 amide bonds. The smallest absolute Gasteiger partial charge is 0.244 e. The number of hydrogen-bond donors (Lipinski definition) is 1. The van der Waals surface area contributed by atoms with Crippen LogP contribution in [-0.2, 0) is 0 Å². The number of pyridine rings is 1. The van der Waals surface area contributed by atoms with E-state index in [0.717, 1.165) is 13.0 Å². The van der Waals surface area contributed by atoms with E-state index in [1.54, 1.807) is 18.3 Å². The Morgan fingerprint density at radius 3 is 3.11 bits per heavy atom. The maximum absolute atomic E-state index is 6.05. The summed E-state index contributed by atoms with van der Waals surface area (Å²) in [6, 6.07) is 3.69. The van der Waals surface area contributed by atoms with Crippen LogP contribution in [0.3, 0.4) is 0 Å². The van der Waals surface area contributed by atoms with Crippen molar-refractivity contribution in [3.8, 4) is 11.5 Å². The van der Waals surface area contributed by atoms with Gasteiger partial charge in [-0.15, -0.1) is 0 Å². The predicted molar refractivity (Wildman–Crippen MR) is 67.1 cm³/mol. The van der Waals surface area contributed by atoms with Crippen molar-refractivity contribution in [2.24, 2.45) is 0 Å². The SMILES string of the molecule is Clc1cccnc1-c1noc(C2CCCCN2)n1. The fourth-order valence-corrected chi connectivity index (χ4v) is 2.29. The Morgan fingerprint density at radius 1 is 1.39 bits per heavy atom. The predicted octanol–water partition coefficient (Wildman–Crippen LogP) is 2.60. The molecular formula is C12H13ClN4O. The van der Waals surface area contributed by atoms with Gasteiger partial charge in [0.15, 0.2) is 0 Å². The van der Waals surface area contributed by atoms with Crippen molar-refractivity contribution in [3.05, 3.63) is 29.2 Å². The summed E-state index contributed by atoms with van der Waals surface area (Å²) in [6.07, 6.45) is 5.07. The molecule has 3 rings (SSSR count). The lowest BCUT2D eigenvalue weighted by Gasteiger charge is -2.19. The summed E-state index contributed by atoms with van der Waals surface area (Å²) in [6.45, 7) is 0.993. The second-order valence-corrected chi connectivity index (χ2v) is 4.70. The average molecular weight is 265 g/mol. The number of hydrogen-bond acceptors (Lipinski definition) is 5. The molecule has 1 saturated heterocycles. The van der Waals surface area contributed by atoms with Crippen LogP contribution in [0, 0.1) is 0 Å². The molecule has 2 aromatic rings. The molecule has 1 N–H and O–H groups in total. The van der Waals surface area contributed by atoms with E-state index in [-0.39, 0.29) is 6.04 Å².